The van der Waals surface area contributed by atoms with Gasteiger partial charge in [-0.15, -0.1) is 0 Å². The van der Waals surface area contributed by atoms with Crippen LogP contribution < -0.4 is 10.6 Å². The topological polar surface area (TPSA) is 54.0 Å². The molecule has 144 valence electrons. The molecule has 4 aromatic rings. The summed E-state index contributed by atoms with van der Waals surface area (Å²) in [6, 6.07) is 25.8. The third-order valence-corrected chi connectivity index (χ3v) is 5.06. The van der Waals surface area contributed by atoms with Crippen LogP contribution in [0.25, 0.3) is 10.8 Å². The Hall–Kier alpha value is -3.66. The maximum Gasteiger partial charge on any atom is 0.252 e. The Balaban J connectivity index is 1.57. The molecule has 1 aromatic heterocycles. The fourth-order valence-electron chi connectivity index (χ4n) is 3.51. The third kappa shape index (κ3) is 4.11. The molecule has 0 saturated carbocycles. The molecule has 0 aliphatic rings. The van der Waals surface area contributed by atoms with Crippen LogP contribution in [0.2, 0.25) is 0 Å². The summed E-state index contributed by atoms with van der Waals surface area (Å²) < 4.78 is 0. The molecule has 1 atom stereocenters. The zero-order valence-corrected chi connectivity index (χ0v) is 16.5. The van der Waals surface area contributed by atoms with Crippen molar-refractivity contribution >= 4 is 28.2 Å². The van der Waals surface area contributed by atoms with Gasteiger partial charge in [0.15, 0.2) is 0 Å². The highest BCUT2D eigenvalue weighted by atomic mass is 16.1. The highest BCUT2D eigenvalue weighted by molar-refractivity contribution is 5.97. The Labute approximate surface area is 170 Å². The second-order valence-electron chi connectivity index (χ2n) is 7.13. The number of anilines is 2. The summed E-state index contributed by atoms with van der Waals surface area (Å²) in [7, 11) is 0. The number of aromatic nitrogens is 1. The van der Waals surface area contributed by atoms with E-state index in [2.05, 4.69) is 39.9 Å². The van der Waals surface area contributed by atoms with Crippen molar-refractivity contribution in [2.24, 2.45) is 0 Å². The van der Waals surface area contributed by atoms with Gasteiger partial charge in [0.25, 0.3) is 5.91 Å². The fraction of sp³-hybridized carbons (Fsp3) is 0.120. The summed E-state index contributed by atoms with van der Waals surface area (Å²) >= 11 is 0. The van der Waals surface area contributed by atoms with Gasteiger partial charge in [-0.3, -0.25) is 4.79 Å². The summed E-state index contributed by atoms with van der Waals surface area (Å²) in [6.07, 6.45) is 1.73. The number of rotatable bonds is 5. The summed E-state index contributed by atoms with van der Waals surface area (Å²) in [5.41, 5.74) is 3.52. The molecule has 4 rings (SSSR count). The zero-order valence-electron chi connectivity index (χ0n) is 16.5. The van der Waals surface area contributed by atoms with Gasteiger partial charge in [-0.05, 0) is 60.0 Å². The number of nitrogens with zero attached hydrogens (tertiary/aromatic N) is 1. The molecule has 0 radical (unpaired) electrons. The van der Waals surface area contributed by atoms with E-state index in [0.29, 0.717) is 5.56 Å². The molecule has 1 amide bonds. The molecule has 3 aromatic carbocycles. The highest BCUT2D eigenvalue weighted by Crippen LogP contribution is 2.25. The third-order valence-electron chi connectivity index (χ3n) is 5.06. The fourth-order valence-corrected chi connectivity index (χ4v) is 3.51. The SMILES string of the molecule is Cc1ccc(Nc2ccccn2)cc1C(=O)N[C@H](C)c1cccc2ccccc12. The van der Waals surface area contributed by atoms with E-state index in [4.69, 9.17) is 0 Å². The van der Waals surface area contributed by atoms with E-state index in [-0.39, 0.29) is 11.9 Å². The Morgan fingerprint density at radius 3 is 2.55 bits per heavy atom. The van der Waals surface area contributed by atoms with Crippen molar-refractivity contribution in [3.05, 3.63) is 102 Å². The van der Waals surface area contributed by atoms with E-state index in [1.165, 1.54) is 5.39 Å². The summed E-state index contributed by atoms with van der Waals surface area (Å²) in [4.78, 5) is 17.3. The Kier molecular flexibility index (Phi) is 5.25. The molecular weight excluding hydrogens is 358 g/mol. The standard InChI is InChI=1S/C25H23N3O/c1-17-13-14-20(28-24-12-5-6-15-26-24)16-23(17)25(29)27-18(2)21-11-7-9-19-8-3-4-10-22(19)21/h3-16,18H,1-2H3,(H,26,28)(H,27,29)/t18-/m1/s1. The number of benzene rings is 3. The van der Waals surface area contributed by atoms with Crippen LogP contribution in [0.1, 0.15) is 34.5 Å². The molecule has 1 heterocycles. The number of pyridine rings is 1. The molecule has 0 aliphatic carbocycles. The van der Waals surface area contributed by atoms with E-state index in [9.17, 15) is 4.79 Å². The monoisotopic (exact) mass is 381 g/mol. The lowest BCUT2D eigenvalue weighted by Crippen LogP contribution is -2.27. The Bertz CT molecular complexity index is 1150. The van der Waals surface area contributed by atoms with E-state index in [1.54, 1.807) is 6.20 Å². The molecule has 0 bridgehead atoms. The zero-order chi connectivity index (χ0) is 20.2. The molecule has 4 nitrogen and oxygen atoms in total. The van der Waals surface area contributed by atoms with Gasteiger partial charge < -0.3 is 10.6 Å². The van der Waals surface area contributed by atoms with Gasteiger partial charge in [0.2, 0.25) is 0 Å². The lowest BCUT2D eigenvalue weighted by molar-refractivity contribution is 0.0939. The lowest BCUT2D eigenvalue weighted by atomic mass is 9.99. The van der Waals surface area contributed by atoms with Crippen LogP contribution in [0.5, 0.6) is 0 Å². The normalized spacial score (nSPS) is 11.8. The smallest absolute Gasteiger partial charge is 0.252 e. The number of nitrogens with one attached hydrogen (secondary N) is 2. The van der Waals surface area contributed by atoms with Crippen molar-refractivity contribution in [2.75, 3.05) is 5.32 Å². The van der Waals surface area contributed by atoms with Crippen molar-refractivity contribution in [2.45, 2.75) is 19.9 Å². The number of carbonyl (C=O) groups is 1. The van der Waals surface area contributed by atoms with Gasteiger partial charge in [0.1, 0.15) is 5.82 Å². The molecule has 2 N–H and O–H groups in total. The second kappa shape index (κ2) is 8.15. The average Bonchev–Trinajstić information content (AvgIpc) is 2.75. The summed E-state index contributed by atoms with van der Waals surface area (Å²) in [5, 5.41) is 8.73. The van der Waals surface area contributed by atoms with Crippen LogP contribution in [0.4, 0.5) is 11.5 Å². The van der Waals surface area contributed by atoms with Crippen LogP contribution in [0.3, 0.4) is 0 Å². The van der Waals surface area contributed by atoms with E-state index >= 15 is 0 Å². The van der Waals surface area contributed by atoms with Crippen molar-refractivity contribution in [3.8, 4) is 0 Å². The number of aryl methyl sites for hydroxylation is 1. The minimum Gasteiger partial charge on any atom is -0.345 e. The number of hydrogen-bond acceptors (Lipinski definition) is 3. The Morgan fingerprint density at radius 2 is 1.72 bits per heavy atom. The van der Waals surface area contributed by atoms with E-state index < -0.39 is 0 Å². The van der Waals surface area contributed by atoms with Crippen LogP contribution in [0, 0.1) is 6.92 Å². The van der Waals surface area contributed by atoms with E-state index in [1.807, 2.05) is 68.4 Å². The highest BCUT2D eigenvalue weighted by Gasteiger charge is 2.16. The molecule has 0 spiro atoms. The average molecular weight is 381 g/mol. The molecule has 0 aliphatic heterocycles. The van der Waals surface area contributed by atoms with Crippen LogP contribution in [-0.2, 0) is 0 Å². The maximum atomic E-state index is 13.0. The van der Waals surface area contributed by atoms with Gasteiger partial charge in [0, 0.05) is 17.4 Å². The van der Waals surface area contributed by atoms with Crippen LogP contribution >= 0.6 is 0 Å². The number of amides is 1. The summed E-state index contributed by atoms with van der Waals surface area (Å²) in [5.74, 6) is 0.652. The van der Waals surface area contributed by atoms with Gasteiger partial charge in [0.05, 0.1) is 6.04 Å². The number of fused-ring (bicyclic) bond motifs is 1. The first-order chi connectivity index (χ1) is 14.1. The Morgan fingerprint density at radius 1 is 0.931 bits per heavy atom. The van der Waals surface area contributed by atoms with Gasteiger partial charge in [-0.1, -0.05) is 54.6 Å². The molecule has 0 saturated heterocycles. The number of carbonyl (C=O) groups excluding carboxylic acids is 1. The van der Waals surface area contributed by atoms with Crippen molar-refractivity contribution in [3.63, 3.8) is 0 Å². The first kappa shape index (κ1) is 18.7. The van der Waals surface area contributed by atoms with Crippen molar-refractivity contribution < 1.29 is 4.79 Å². The molecular formula is C25H23N3O. The first-order valence-electron chi connectivity index (χ1n) is 9.69. The quantitative estimate of drug-likeness (QED) is 0.461. The van der Waals surface area contributed by atoms with Gasteiger partial charge in [-0.2, -0.15) is 0 Å². The predicted molar refractivity (Wildman–Crippen MR) is 119 cm³/mol. The summed E-state index contributed by atoms with van der Waals surface area (Å²) in [6.45, 7) is 3.97. The van der Waals surface area contributed by atoms with Crippen molar-refractivity contribution in [1.82, 2.24) is 10.3 Å². The molecule has 4 heteroatoms. The molecule has 0 unspecified atom stereocenters. The maximum absolute atomic E-state index is 13.0. The first-order valence-corrected chi connectivity index (χ1v) is 9.69. The second-order valence-corrected chi connectivity index (χ2v) is 7.13. The lowest BCUT2D eigenvalue weighted by Gasteiger charge is -2.18. The van der Waals surface area contributed by atoms with Crippen molar-refractivity contribution in [1.29, 1.82) is 0 Å². The van der Waals surface area contributed by atoms with E-state index in [0.717, 1.165) is 28.0 Å². The molecule has 0 fully saturated rings. The predicted octanol–water partition coefficient (Wildman–Crippen LogP) is 5.78. The van der Waals surface area contributed by atoms with Crippen LogP contribution in [-0.4, -0.2) is 10.9 Å². The van der Waals surface area contributed by atoms with Gasteiger partial charge in [-0.25, -0.2) is 4.98 Å². The van der Waals surface area contributed by atoms with Gasteiger partial charge >= 0.3 is 0 Å². The number of hydrogen-bond donors (Lipinski definition) is 2. The van der Waals surface area contributed by atoms with Crippen LogP contribution in [0.15, 0.2) is 85.1 Å². The molecule has 29 heavy (non-hydrogen) atoms. The minimum absolute atomic E-state index is 0.0902. The largest absolute Gasteiger partial charge is 0.345 e. The minimum atomic E-state index is -0.111.